The first-order valence-electron chi connectivity index (χ1n) is 8.46. The second-order valence-corrected chi connectivity index (χ2v) is 7.22. The summed E-state index contributed by atoms with van der Waals surface area (Å²) in [5.41, 5.74) is 0.911. The molecule has 1 aromatic carbocycles. The third kappa shape index (κ3) is 4.87. The van der Waals surface area contributed by atoms with Gasteiger partial charge in [-0.2, -0.15) is 0 Å². The molecule has 0 unspecified atom stereocenters. The molecule has 6 nitrogen and oxygen atoms in total. The molecule has 1 heterocycles. The molecule has 1 aromatic heterocycles. The van der Waals surface area contributed by atoms with Crippen LogP contribution < -0.4 is 10.6 Å². The van der Waals surface area contributed by atoms with E-state index in [0.29, 0.717) is 22.0 Å². The lowest BCUT2D eigenvalue weighted by atomic mass is 10.1. The number of thiophene rings is 1. The number of hydrogen-bond acceptors (Lipinski definition) is 5. The van der Waals surface area contributed by atoms with E-state index in [0.717, 1.165) is 24.2 Å². The molecule has 0 saturated carbocycles. The van der Waals surface area contributed by atoms with E-state index in [-0.39, 0.29) is 22.0 Å². The number of unbranched alkanes of at least 4 members (excludes halogenated alkanes) is 1. The molecule has 0 atom stereocenters. The van der Waals surface area contributed by atoms with Crippen molar-refractivity contribution in [3.8, 4) is 0 Å². The minimum absolute atomic E-state index is 0.170. The summed E-state index contributed by atoms with van der Waals surface area (Å²) in [7, 11) is 1.25. The Hall–Kier alpha value is -2.38. The molecule has 0 aliphatic rings. The summed E-state index contributed by atoms with van der Waals surface area (Å²) in [5, 5.41) is 6.05. The fourth-order valence-corrected chi connectivity index (χ4v) is 3.77. The highest BCUT2D eigenvalue weighted by atomic mass is 35.5. The molecule has 0 aliphatic heterocycles. The first-order chi connectivity index (χ1) is 12.9. The lowest BCUT2D eigenvalue weighted by molar-refractivity contribution is 0.0601. The summed E-state index contributed by atoms with van der Waals surface area (Å²) in [6.45, 7) is 4.23. The number of methoxy groups -OCH3 is 1. The molecule has 0 bridgehead atoms. The van der Waals surface area contributed by atoms with Gasteiger partial charge in [0, 0.05) is 6.54 Å². The number of hydrogen-bond donors (Lipinski definition) is 2. The Balaban J connectivity index is 2.35. The van der Waals surface area contributed by atoms with Gasteiger partial charge in [0.15, 0.2) is 0 Å². The van der Waals surface area contributed by atoms with Crippen molar-refractivity contribution in [1.82, 2.24) is 5.32 Å². The van der Waals surface area contributed by atoms with E-state index in [4.69, 9.17) is 16.3 Å². The number of carbonyl (C=O) groups excluding carboxylic acids is 3. The molecule has 8 heteroatoms. The topological polar surface area (TPSA) is 84.5 Å². The molecule has 0 fully saturated rings. The maximum atomic E-state index is 12.6. The van der Waals surface area contributed by atoms with E-state index in [1.165, 1.54) is 7.11 Å². The van der Waals surface area contributed by atoms with Crippen LogP contribution in [-0.4, -0.2) is 31.4 Å². The van der Waals surface area contributed by atoms with Gasteiger partial charge >= 0.3 is 5.97 Å². The molecular formula is C19H21ClN2O4S. The van der Waals surface area contributed by atoms with E-state index in [9.17, 15) is 14.4 Å². The highest BCUT2D eigenvalue weighted by molar-refractivity contribution is 7.18. The van der Waals surface area contributed by atoms with Crippen molar-refractivity contribution >= 4 is 45.7 Å². The standard InChI is InChI=1S/C19H21ClN2O4S/c1-4-5-10-21-17(24)15-11(2)14(19(25)26-3)18(27-15)22-16(23)12-8-6-7-9-13(12)20/h6-9H,4-5,10H2,1-3H3,(H,21,24)(H,22,23). The van der Waals surface area contributed by atoms with Crippen LogP contribution in [0.1, 0.15) is 55.7 Å². The van der Waals surface area contributed by atoms with Crippen LogP contribution in [0.5, 0.6) is 0 Å². The molecule has 0 saturated heterocycles. The highest BCUT2D eigenvalue weighted by Gasteiger charge is 2.26. The average molecular weight is 409 g/mol. The largest absolute Gasteiger partial charge is 0.465 e. The molecule has 2 amide bonds. The lowest BCUT2D eigenvalue weighted by Gasteiger charge is -2.07. The summed E-state index contributed by atoms with van der Waals surface area (Å²) in [6, 6.07) is 6.58. The Bertz CT molecular complexity index is 863. The molecule has 144 valence electrons. The van der Waals surface area contributed by atoms with Crippen molar-refractivity contribution < 1.29 is 19.1 Å². The minimum atomic E-state index is -0.620. The van der Waals surface area contributed by atoms with Crippen molar-refractivity contribution in [1.29, 1.82) is 0 Å². The molecule has 2 aromatic rings. The maximum absolute atomic E-state index is 12.6. The number of ether oxygens (including phenoxy) is 1. The van der Waals surface area contributed by atoms with E-state index >= 15 is 0 Å². The Morgan fingerprint density at radius 1 is 1.19 bits per heavy atom. The minimum Gasteiger partial charge on any atom is -0.465 e. The third-order valence-electron chi connectivity index (χ3n) is 3.90. The smallest absolute Gasteiger partial charge is 0.341 e. The summed E-state index contributed by atoms with van der Waals surface area (Å²) in [5.74, 6) is -1.37. The fourth-order valence-electron chi connectivity index (χ4n) is 2.44. The normalized spacial score (nSPS) is 10.4. The maximum Gasteiger partial charge on any atom is 0.341 e. The van der Waals surface area contributed by atoms with Crippen molar-refractivity contribution in [3.63, 3.8) is 0 Å². The van der Waals surface area contributed by atoms with Crippen molar-refractivity contribution in [2.45, 2.75) is 26.7 Å². The summed E-state index contributed by atoms with van der Waals surface area (Å²) < 4.78 is 4.82. The highest BCUT2D eigenvalue weighted by Crippen LogP contribution is 2.34. The monoisotopic (exact) mass is 408 g/mol. The first-order valence-corrected chi connectivity index (χ1v) is 9.65. The molecule has 2 N–H and O–H groups in total. The Kier molecular flexibility index (Phi) is 7.38. The quantitative estimate of drug-likeness (QED) is 0.529. The summed E-state index contributed by atoms with van der Waals surface area (Å²) in [4.78, 5) is 37.6. The zero-order valence-electron chi connectivity index (χ0n) is 15.3. The van der Waals surface area contributed by atoms with Gasteiger partial charge in [0.05, 0.1) is 28.1 Å². The number of benzene rings is 1. The van der Waals surface area contributed by atoms with Crippen LogP contribution >= 0.6 is 22.9 Å². The van der Waals surface area contributed by atoms with Crippen molar-refractivity contribution in [2.24, 2.45) is 0 Å². The van der Waals surface area contributed by atoms with Crippen LogP contribution in [0.2, 0.25) is 5.02 Å². The van der Waals surface area contributed by atoms with Crippen LogP contribution in [-0.2, 0) is 4.74 Å². The zero-order chi connectivity index (χ0) is 20.0. The van der Waals surface area contributed by atoms with E-state index < -0.39 is 11.9 Å². The average Bonchev–Trinajstić information content (AvgIpc) is 2.97. The Morgan fingerprint density at radius 2 is 1.89 bits per heavy atom. The predicted molar refractivity (Wildman–Crippen MR) is 107 cm³/mol. The lowest BCUT2D eigenvalue weighted by Crippen LogP contribution is -2.24. The van der Waals surface area contributed by atoms with Crippen molar-refractivity contribution in [2.75, 3.05) is 19.0 Å². The number of amides is 2. The van der Waals surface area contributed by atoms with Gasteiger partial charge in [-0.3, -0.25) is 9.59 Å². The van der Waals surface area contributed by atoms with Gasteiger partial charge in [0.1, 0.15) is 5.00 Å². The number of rotatable bonds is 7. The molecule has 27 heavy (non-hydrogen) atoms. The van der Waals surface area contributed by atoms with Crippen LogP contribution in [0.15, 0.2) is 24.3 Å². The van der Waals surface area contributed by atoms with Gasteiger partial charge in [0.2, 0.25) is 0 Å². The fraction of sp³-hybridized carbons (Fsp3) is 0.316. The molecule has 0 spiro atoms. The van der Waals surface area contributed by atoms with Gasteiger partial charge in [-0.25, -0.2) is 4.79 Å². The second-order valence-electron chi connectivity index (χ2n) is 5.80. The number of anilines is 1. The molecular weight excluding hydrogens is 388 g/mol. The van der Waals surface area contributed by atoms with Gasteiger partial charge in [-0.15, -0.1) is 11.3 Å². The predicted octanol–water partition coefficient (Wildman–Crippen LogP) is 4.28. The number of nitrogens with one attached hydrogen (secondary N) is 2. The summed E-state index contributed by atoms with van der Waals surface area (Å²) >= 11 is 7.10. The third-order valence-corrected chi connectivity index (χ3v) is 5.44. The number of esters is 1. The van der Waals surface area contributed by atoms with Gasteiger partial charge < -0.3 is 15.4 Å². The van der Waals surface area contributed by atoms with Crippen LogP contribution in [0.25, 0.3) is 0 Å². The number of halogens is 1. The molecule has 0 aliphatic carbocycles. The van der Waals surface area contributed by atoms with Crippen LogP contribution in [0.4, 0.5) is 5.00 Å². The Morgan fingerprint density at radius 3 is 2.52 bits per heavy atom. The van der Waals surface area contributed by atoms with Crippen LogP contribution in [0.3, 0.4) is 0 Å². The van der Waals surface area contributed by atoms with Crippen molar-refractivity contribution in [3.05, 3.63) is 50.9 Å². The number of carbonyl (C=O) groups is 3. The molecule has 2 rings (SSSR count). The first kappa shape index (κ1) is 20.9. The zero-order valence-corrected chi connectivity index (χ0v) is 16.9. The van der Waals surface area contributed by atoms with E-state index in [1.807, 2.05) is 6.92 Å². The SMILES string of the molecule is CCCCNC(=O)c1sc(NC(=O)c2ccccc2Cl)c(C(=O)OC)c1C. The van der Waals surface area contributed by atoms with Gasteiger partial charge in [-0.1, -0.05) is 37.1 Å². The van der Waals surface area contributed by atoms with Crippen LogP contribution in [0, 0.1) is 6.92 Å². The molecule has 0 radical (unpaired) electrons. The van der Waals surface area contributed by atoms with E-state index in [2.05, 4.69) is 10.6 Å². The second kappa shape index (κ2) is 9.53. The Labute approximate surface area is 166 Å². The van der Waals surface area contributed by atoms with Gasteiger partial charge in [-0.05, 0) is 31.0 Å². The van der Waals surface area contributed by atoms with E-state index in [1.54, 1.807) is 31.2 Å². The van der Waals surface area contributed by atoms with Gasteiger partial charge in [0.25, 0.3) is 11.8 Å². The summed E-state index contributed by atoms with van der Waals surface area (Å²) in [6.07, 6.45) is 1.81.